The average Bonchev–Trinajstić information content (AvgIpc) is 2.97. The summed E-state index contributed by atoms with van der Waals surface area (Å²) in [7, 11) is 0. The molecule has 0 unspecified atom stereocenters. The molecule has 1 N–H and O–H groups in total. The number of carbonyl (C=O) groups excluding carboxylic acids is 3. The molecule has 2 amide bonds. The Kier molecular flexibility index (Phi) is 4.65. The zero-order valence-electron chi connectivity index (χ0n) is 14.3. The Balaban J connectivity index is 1.67. The first-order valence-electron chi connectivity index (χ1n) is 8.23. The molecule has 0 saturated carbocycles. The molecule has 1 aliphatic rings. The lowest BCUT2D eigenvalue weighted by atomic mass is 10.1. The van der Waals surface area contributed by atoms with E-state index in [0.717, 1.165) is 11.3 Å². The number of rotatable bonds is 4. The number of benzene rings is 2. The summed E-state index contributed by atoms with van der Waals surface area (Å²) in [6, 6.07) is 14.5. The van der Waals surface area contributed by atoms with Gasteiger partial charge in [0, 0.05) is 29.9 Å². The largest absolute Gasteiger partial charge is 0.326 e. The van der Waals surface area contributed by atoms with Gasteiger partial charge in [0.05, 0.1) is 5.92 Å². The van der Waals surface area contributed by atoms with Crippen LogP contribution in [-0.4, -0.2) is 24.1 Å². The van der Waals surface area contributed by atoms with E-state index in [-0.39, 0.29) is 29.9 Å². The Morgan fingerprint density at radius 1 is 1.12 bits per heavy atom. The van der Waals surface area contributed by atoms with Crippen molar-refractivity contribution in [3.05, 3.63) is 59.7 Å². The number of anilines is 2. The van der Waals surface area contributed by atoms with E-state index in [0.29, 0.717) is 17.8 Å². The van der Waals surface area contributed by atoms with Crippen molar-refractivity contribution < 1.29 is 14.4 Å². The minimum atomic E-state index is -0.388. The highest BCUT2D eigenvalue weighted by Crippen LogP contribution is 2.26. The zero-order chi connectivity index (χ0) is 18.0. The van der Waals surface area contributed by atoms with Crippen LogP contribution in [0.25, 0.3) is 0 Å². The molecule has 1 aliphatic heterocycles. The number of nitrogens with zero attached hydrogens (tertiary/aromatic N) is 1. The van der Waals surface area contributed by atoms with Crippen LogP contribution < -0.4 is 10.2 Å². The predicted octanol–water partition coefficient (Wildman–Crippen LogP) is 3.19. The summed E-state index contributed by atoms with van der Waals surface area (Å²) >= 11 is 0. The van der Waals surface area contributed by atoms with Crippen molar-refractivity contribution in [1.82, 2.24) is 0 Å². The zero-order valence-corrected chi connectivity index (χ0v) is 14.3. The number of carbonyl (C=O) groups is 3. The first-order chi connectivity index (χ1) is 11.9. The van der Waals surface area contributed by atoms with Crippen molar-refractivity contribution in [2.24, 2.45) is 5.92 Å². The normalized spacial score (nSPS) is 16.8. The van der Waals surface area contributed by atoms with Gasteiger partial charge in [0.15, 0.2) is 5.78 Å². The second-order valence-electron chi connectivity index (χ2n) is 6.37. The van der Waals surface area contributed by atoms with Crippen LogP contribution in [0.3, 0.4) is 0 Å². The van der Waals surface area contributed by atoms with Crippen LogP contribution in [0.4, 0.5) is 11.4 Å². The molecule has 25 heavy (non-hydrogen) atoms. The van der Waals surface area contributed by atoms with Gasteiger partial charge in [-0.05, 0) is 55.8 Å². The predicted molar refractivity (Wildman–Crippen MR) is 96.7 cm³/mol. The van der Waals surface area contributed by atoms with Crippen molar-refractivity contribution in [3.8, 4) is 0 Å². The summed E-state index contributed by atoms with van der Waals surface area (Å²) in [6.45, 7) is 3.84. The van der Waals surface area contributed by atoms with Gasteiger partial charge in [-0.15, -0.1) is 0 Å². The van der Waals surface area contributed by atoms with Gasteiger partial charge in [0.1, 0.15) is 0 Å². The minimum Gasteiger partial charge on any atom is -0.326 e. The molecule has 5 nitrogen and oxygen atoms in total. The average molecular weight is 336 g/mol. The molecule has 5 heteroatoms. The van der Waals surface area contributed by atoms with Crippen LogP contribution in [0, 0.1) is 12.8 Å². The monoisotopic (exact) mass is 336 g/mol. The van der Waals surface area contributed by atoms with Gasteiger partial charge in [-0.2, -0.15) is 0 Å². The summed E-state index contributed by atoms with van der Waals surface area (Å²) in [5, 5.41) is 2.82. The Hall–Kier alpha value is -2.95. The quantitative estimate of drug-likeness (QED) is 0.872. The third kappa shape index (κ3) is 3.76. The summed E-state index contributed by atoms with van der Waals surface area (Å²) in [4.78, 5) is 37.7. The second kappa shape index (κ2) is 6.89. The SMILES string of the molecule is CC(=O)c1ccc(NC(=O)[C@@H]2CC(=O)N(c3cccc(C)c3)C2)cc1. The van der Waals surface area contributed by atoms with Crippen molar-refractivity contribution in [2.45, 2.75) is 20.3 Å². The van der Waals surface area contributed by atoms with Crippen molar-refractivity contribution in [2.75, 3.05) is 16.8 Å². The molecule has 0 aromatic heterocycles. The van der Waals surface area contributed by atoms with Gasteiger partial charge < -0.3 is 10.2 Å². The molecule has 3 rings (SSSR count). The first kappa shape index (κ1) is 16.9. The van der Waals surface area contributed by atoms with Crippen LogP contribution in [0.1, 0.15) is 29.3 Å². The molecular formula is C20H20N2O3. The van der Waals surface area contributed by atoms with E-state index in [1.54, 1.807) is 29.2 Å². The summed E-state index contributed by atoms with van der Waals surface area (Å²) in [6.07, 6.45) is 0.200. The molecule has 1 heterocycles. The third-order valence-corrected chi connectivity index (χ3v) is 4.37. The van der Waals surface area contributed by atoms with Crippen LogP contribution in [-0.2, 0) is 9.59 Å². The van der Waals surface area contributed by atoms with Gasteiger partial charge in [-0.3, -0.25) is 14.4 Å². The first-order valence-corrected chi connectivity index (χ1v) is 8.23. The molecular weight excluding hydrogens is 316 g/mol. The molecule has 1 atom stereocenters. The van der Waals surface area contributed by atoms with Crippen LogP contribution in [0.2, 0.25) is 0 Å². The van der Waals surface area contributed by atoms with E-state index in [2.05, 4.69) is 5.32 Å². The van der Waals surface area contributed by atoms with Crippen LogP contribution in [0.15, 0.2) is 48.5 Å². The fourth-order valence-electron chi connectivity index (χ4n) is 2.96. The van der Waals surface area contributed by atoms with Gasteiger partial charge >= 0.3 is 0 Å². The van der Waals surface area contributed by atoms with E-state index in [9.17, 15) is 14.4 Å². The van der Waals surface area contributed by atoms with E-state index in [1.165, 1.54) is 6.92 Å². The highest BCUT2D eigenvalue weighted by Gasteiger charge is 2.35. The van der Waals surface area contributed by atoms with Crippen molar-refractivity contribution >= 4 is 29.0 Å². The lowest BCUT2D eigenvalue weighted by Crippen LogP contribution is -2.28. The van der Waals surface area contributed by atoms with E-state index in [4.69, 9.17) is 0 Å². The lowest BCUT2D eigenvalue weighted by Gasteiger charge is -2.17. The van der Waals surface area contributed by atoms with Crippen molar-refractivity contribution in [1.29, 1.82) is 0 Å². The van der Waals surface area contributed by atoms with Crippen LogP contribution >= 0.6 is 0 Å². The van der Waals surface area contributed by atoms with Gasteiger partial charge in [-0.25, -0.2) is 0 Å². The van der Waals surface area contributed by atoms with E-state index >= 15 is 0 Å². The number of Topliss-reactive ketones (excluding diaryl/α,β-unsaturated/α-hetero) is 1. The maximum Gasteiger partial charge on any atom is 0.229 e. The Morgan fingerprint density at radius 3 is 2.48 bits per heavy atom. The van der Waals surface area contributed by atoms with Gasteiger partial charge in [-0.1, -0.05) is 12.1 Å². The third-order valence-electron chi connectivity index (χ3n) is 4.37. The van der Waals surface area contributed by atoms with Gasteiger partial charge in [0.25, 0.3) is 0 Å². The standard InChI is InChI=1S/C20H20N2O3/c1-13-4-3-5-18(10-13)22-12-16(11-19(22)24)20(25)21-17-8-6-15(7-9-17)14(2)23/h3-10,16H,11-12H2,1-2H3,(H,21,25)/t16-/m1/s1. The summed E-state index contributed by atoms with van der Waals surface area (Å²) in [5.74, 6) is -0.634. The number of nitrogens with one attached hydrogen (secondary N) is 1. The number of ketones is 1. The molecule has 2 aromatic rings. The Bertz CT molecular complexity index is 827. The molecule has 128 valence electrons. The Morgan fingerprint density at radius 2 is 1.84 bits per heavy atom. The molecule has 0 aliphatic carbocycles. The number of hydrogen-bond acceptors (Lipinski definition) is 3. The molecule has 0 radical (unpaired) electrons. The Labute approximate surface area is 146 Å². The summed E-state index contributed by atoms with van der Waals surface area (Å²) in [5.41, 5.74) is 3.12. The highest BCUT2D eigenvalue weighted by atomic mass is 16.2. The fraction of sp³-hybridized carbons (Fsp3) is 0.250. The second-order valence-corrected chi connectivity index (χ2v) is 6.37. The molecule has 0 spiro atoms. The molecule has 0 bridgehead atoms. The highest BCUT2D eigenvalue weighted by molar-refractivity contribution is 6.03. The van der Waals surface area contributed by atoms with Gasteiger partial charge in [0.2, 0.25) is 11.8 Å². The minimum absolute atomic E-state index is 0.0203. The maximum atomic E-state index is 12.5. The van der Waals surface area contributed by atoms with E-state index in [1.807, 2.05) is 31.2 Å². The maximum absolute atomic E-state index is 12.5. The molecule has 1 saturated heterocycles. The number of hydrogen-bond donors (Lipinski definition) is 1. The van der Waals surface area contributed by atoms with Crippen molar-refractivity contribution in [3.63, 3.8) is 0 Å². The smallest absolute Gasteiger partial charge is 0.229 e. The fourth-order valence-corrected chi connectivity index (χ4v) is 2.96. The lowest BCUT2D eigenvalue weighted by molar-refractivity contribution is -0.122. The van der Waals surface area contributed by atoms with Crippen LogP contribution in [0.5, 0.6) is 0 Å². The molecule has 2 aromatic carbocycles. The topological polar surface area (TPSA) is 66.5 Å². The summed E-state index contributed by atoms with van der Waals surface area (Å²) < 4.78 is 0. The number of amides is 2. The number of aryl methyl sites for hydroxylation is 1. The molecule has 1 fully saturated rings. The van der Waals surface area contributed by atoms with E-state index < -0.39 is 0 Å².